The van der Waals surface area contributed by atoms with Crippen LogP contribution in [-0.4, -0.2) is 38.5 Å². The first kappa shape index (κ1) is 19.3. The van der Waals surface area contributed by atoms with Crippen LogP contribution in [0.4, 0.5) is 0 Å². The topological polar surface area (TPSA) is 77.0 Å². The van der Waals surface area contributed by atoms with Gasteiger partial charge in [0.05, 0.1) is 5.75 Å². The van der Waals surface area contributed by atoms with E-state index in [-0.39, 0.29) is 11.7 Å². The Bertz CT molecular complexity index is 942. The zero-order valence-electron chi connectivity index (χ0n) is 15.1. The van der Waals surface area contributed by atoms with E-state index in [0.29, 0.717) is 22.5 Å². The number of benzene rings is 2. The van der Waals surface area contributed by atoms with Crippen LogP contribution in [0.2, 0.25) is 5.02 Å². The van der Waals surface area contributed by atoms with Crippen molar-refractivity contribution in [2.24, 2.45) is 0 Å². The molecule has 0 radical (unpaired) electrons. The molecule has 0 bridgehead atoms. The molecule has 1 heterocycles. The minimum Gasteiger partial charge on any atom is -0.341 e. The van der Waals surface area contributed by atoms with Crippen LogP contribution in [0.1, 0.15) is 11.1 Å². The number of carbonyl (C=O) groups is 1. The Kier molecular flexibility index (Phi) is 6.03. The molecule has 0 aliphatic rings. The van der Waals surface area contributed by atoms with Gasteiger partial charge in [-0.2, -0.15) is 0 Å². The summed E-state index contributed by atoms with van der Waals surface area (Å²) in [5.41, 5.74) is 3.11. The highest BCUT2D eigenvalue weighted by Gasteiger charge is 2.16. The van der Waals surface area contributed by atoms with Crippen LogP contribution >= 0.6 is 23.4 Å². The number of hydrogen-bond donors (Lipinski definition) is 1. The number of amides is 1. The average Bonchev–Trinajstić information content (AvgIpc) is 3.03. The van der Waals surface area contributed by atoms with Crippen molar-refractivity contribution >= 4 is 29.3 Å². The number of aromatic nitrogens is 3. The summed E-state index contributed by atoms with van der Waals surface area (Å²) < 4.78 is 1.39. The molecule has 8 heteroatoms. The lowest BCUT2D eigenvalue weighted by atomic mass is 10.1. The molecular weight excluding hydrogens is 382 g/mol. The molecule has 0 unspecified atom stereocenters. The van der Waals surface area contributed by atoms with Crippen molar-refractivity contribution in [1.29, 1.82) is 0 Å². The maximum absolute atomic E-state index is 12.4. The third-order valence-corrected chi connectivity index (χ3v) is 5.37. The van der Waals surface area contributed by atoms with Gasteiger partial charge >= 0.3 is 0 Å². The van der Waals surface area contributed by atoms with E-state index in [2.05, 4.69) is 10.2 Å². The first-order valence-electron chi connectivity index (χ1n) is 8.33. The van der Waals surface area contributed by atoms with Crippen LogP contribution in [0, 0.1) is 6.92 Å². The van der Waals surface area contributed by atoms with Gasteiger partial charge in [0.2, 0.25) is 11.1 Å². The predicted octanol–water partition coefficient (Wildman–Crippen LogP) is 3.37. The number of rotatable bonds is 6. The van der Waals surface area contributed by atoms with E-state index >= 15 is 0 Å². The summed E-state index contributed by atoms with van der Waals surface area (Å²) in [6.07, 6.45) is 0. The second-order valence-electron chi connectivity index (χ2n) is 6.15. The van der Waals surface area contributed by atoms with Gasteiger partial charge in [0.25, 0.3) is 0 Å². The molecule has 0 aliphatic carbocycles. The molecule has 0 aliphatic heterocycles. The first-order valence-corrected chi connectivity index (χ1v) is 9.69. The van der Waals surface area contributed by atoms with Gasteiger partial charge in [-0.05, 0) is 42.3 Å². The van der Waals surface area contributed by atoms with E-state index < -0.39 is 0 Å². The van der Waals surface area contributed by atoms with Crippen molar-refractivity contribution < 1.29 is 4.79 Å². The highest BCUT2D eigenvalue weighted by molar-refractivity contribution is 7.99. The van der Waals surface area contributed by atoms with Gasteiger partial charge in [-0.3, -0.25) is 4.79 Å². The standard InChI is InChI=1S/C19H20ClN5OS/c1-13-5-3-4-6-15(13)11-24(2)17(26)12-27-19-23-22-18(25(19)21)14-7-9-16(20)10-8-14/h3-10H,11-12,21H2,1-2H3. The summed E-state index contributed by atoms with van der Waals surface area (Å²) in [5, 5.41) is 9.33. The molecule has 140 valence electrons. The Hall–Kier alpha value is -2.51. The molecule has 1 aromatic heterocycles. The lowest BCUT2D eigenvalue weighted by molar-refractivity contribution is -0.127. The van der Waals surface area contributed by atoms with Crippen molar-refractivity contribution in [2.75, 3.05) is 18.6 Å². The summed E-state index contributed by atoms with van der Waals surface area (Å²) in [6, 6.07) is 15.2. The van der Waals surface area contributed by atoms with Crippen LogP contribution in [0.15, 0.2) is 53.7 Å². The van der Waals surface area contributed by atoms with Gasteiger partial charge in [0.15, 0.2) is 5.82 Å². The molecule has 0 fully saturated rings. The Morgan fingerprint density at radius 3 is 2.59 bits per heavy atom. The molecule has 3 rings (SSSR count). The van der Waals surface area contributed by atoms with Crippen LogP contribution in [0.5, 0.6) is 0 Å². The lowest BCUT2D eigenvalue weighted by Gasteiger charge is -2.18. The second kappa shape index (κ2) is 8.45. The average molecular weight is 402 g/mol. The molecule has 0 saturated heterocycles. The van der Waals surface area contributed by atoms with E-state index in [1.54, 1.807) is 24.1 Å². The van der Waals surface area contributed by atoms with E-state index in [0.717, 1.165) is 11.1 Å². The molecule has 2 aromatic carbocycles. The Balaban J connectivity index is 1.62. The van der Waals surface area contributed by atoms with Gasteiger partial charge in [-0.25, -0.2) is 4.68 Å². The van der Waals surface area contributed by atoms with E-state index in [9.17, 15) is 4.79 Å². The first-order chi connectivity index (χ1) is 13.0. The Labute approximate surface area is 167 Å². The smallest absolute Gasteiger partial charge is 0.233 e. The molecular formula is C19H20ClN5OS. The van der Waals surface area contributed by atoms with Crippen LogP contribution in [0.3, 0.4) is 0 Å². The zero-order chi connectivity index (χ0) is 19.4. The summed E-state index contributed by atoms with van der Waals surface area (Å²) in [5.74, 6) is 6.85. The van der Waals surface area contributed by atoms with Gasteiger partial charge in [-0.15, -0.1) is 10.2 Å². The second-order valence-corrected chi connectivity index (χ2v) is 7.53. The van der Waals surface area contributed by atoms with E-state index in [1.807, 2.05) is 43.3 Å². The third-order valence-electron chi connectivity index (χ3n) is 4.19. The molecule has 2 N–H and O–H groups in total. The highest BCUT2D eigenvalue weighted by atomic mass is 35.5. The van der Waals surface area contributed by atoms with Crippen molar-refractivity contribution in [3.05, 3.63) is 64.7 Å². The largest absolute Gasteiger partial charge is 0.341 e. The van der Waals surface area contributed by atoms with E-state index in [4.69, 9.17) is 17.4 Å². The van der Waals surface area contributed by atoms with E-state index in [1.165, 1.54) is 22.0 Å². The molecule has 6 nitrogen and oxygen atoms in total. The number of aryl methyl sites for hydroxylation is 1. The van der Waals surface area contributed by atoms with Crippen molar-refractivity contribution in [1.82, 2.24) is 19.8 Å². The number of halogens is 1. The van der Waals surface area contributed by atoms with Crippen LogP contribution in [-0.2, 0) is 11.3 Å². The number of nitrogens with two attached hydrogens (primary N) is 1. The Morgan fingerprint density at radius 2 is 1.89 bits per heavy atom. The lowest BCUT2D eigenvalue weighted by Crippen LogP contribution is -2.28. The fourth-order valence-corrected chi connectivity index (χ4v) is 3.46. The fraction of sp³-hybridized carbons (Fsp3) is 0.211. The molecule has 0 spiro atoms. The summed E-state index contributed by atoms with van der Waals surface area (Å²) >= 11 is 7.17. The van der Waals surface area contributed by atoms with Gasteiger partial charge in [0.1, 0.15) is 0 Å². The van der Waals surface area contributed by atoms with Crippen molar-refractivity contribution in [3.8, 4) is 11.4 Å². The minimum atomic E-state index is -0.000652. The number of carbonyl (C=O) groups excluding carboxylic acids is 1. The zero-order valence-corrected chi connectivity index (χ0v) is 16.7. The normalized spacial score (nSPS) is 10.8. The number of nitrogens with zero attached hydrogens (tertiary/aromatic N) is 4. The molecule has 3 aromatic rings. The fourth-order valence-electron chi connectivity index (χ4n) is 2.54. The predicted molar refractivity (Wildman–Crippen MR) is 109 cm³/mol. The van der Waals surface area contributed by atoms with Gasteiger partial charge in [-0.1, -0.05) is 47.6 Å². The summed E-state index contributed by atoms with van der Waals surface area (Å²) in [7, 11) is 1.79. The Morgan fingerprint density at radius 1 is 1.19 bits per heavy atom. The van der Waals surface area contributed by atoms with Crippen LogP contribution in [0.25, 0.3) is 11.4 Å². The van der Waals surface area contributed by atoms with Gasteiger partial charge in [0, 0.05) is 24.2 Å². The molecule has 1 amide bonds. The summed E-state index contributed by atoms with van der Waals surface area (Å²) in [4.78, 5) is 14.2. The monoisotopic (exact) mass is 401 g/mol. The summed E-state index contributed by atoms with van der Waals surface area (Å²) in [6.45, 7) is 2.61. The minimum absolute atomic E-state index is 0.000652. The van der Waals surface area contributed by atoms with Crippen molar-refractivity contribution in [2.45, 2.75) is 18.6 Å². The number of thioether (sulfide) groups is 1. The quantitative estimate of drug-likeness (QED) is 0.506. The number of hydrogen-bond acceptors (Lipinski definition) is 5. The molecule has 0 atom stereocenters. The third kappa shape index (κ3) is 4.61. The SMILES string of the molecule is Cc1ccccc1CN(C)C(=O)CSc1nnc(-c2ccc(Cl)cc2)n1N. The maximum Gasteiger partial charge on any atom is 0.233 e. The van der Waals surface area contributed by atoms with Crippen LogP contribution < -0.4 is 5.84 Å². The van der Waals surface area contributed by atoms with Crippen molar-refractivity contribution in [3.63, 3.8) is 0 Å². The highest BCUT2D eigenvalue weighted by Crippen LogP contribution is 2.23. The maximum atomic E-state index is 12.4. The van der Waals surface area contributed by atoms with Gasteiger partial charge < -0.3 is 10.7 Å². The molecule has 27 heavy (non-hydrogen) atoms. The number of nitrogen functional groups attached to an aromatic ring is 1. The molecule has 0 saturated carbocycles.